The minimum absolute atomic E-state index is 1.20. The smallest absolute Gasteiger partial charge is 0.336 e. The summed E-state index contributed by atoms with van der Waals surface area (Å²) in [5.74, 6) is -1.22. The Morgan fingerprint density at radius 1 is 1.75 bits per heavy atom. The van der Waals surface area contributed by atoms with E-state index in [0.717, 1.165) is 0 Å². The number of carboxylic acids is 1. The van der Waals surface area contributed by atoms with E-state index in [2.05, 4.69) is 0 Å². The largest absolute Gasteiger partial charge is 0.479 e. The van der Waals surface area contributed by atoms with Crippen LogP contribution >= 0.6 is 0 Å². The van der Waals surface area contributed by atoms with Gasteiger partial charge in [0.25, 0.3) is 0 Å². The Labute approximate surface area is 47.3 Å². The molecule has 0 aromatic carbocycles. The molecule has 8 heavy (non-hydrogen) atoms. The van der Waals surface area contributed by atoms with Crippen LogP contribution in [0.5, 0.6) is 0 Å². The molecule has 0 heterocycles. The maximum Gasteiger partial charge on any atom is 0.336 e. The van der Waals surface area contributed by atoms with Gasteiger partial charge >= 0.3 is 5.97 Å². The predicted octanol–water partition coefficient (Wildman–Crippen LogP) is 0.00800. The Kier molecular flexibility index (Phi) is 2.88. The number of hydrogen-bond donors (Lipinski definition) is 2. The molecular formula is C5H8O3. The van der Waals surface area contributed by atoms with E-state index in [1.54, 1.807) is 6.92 Å². The van der Waals surface area contributed by atoms with Crippen molar-refractivity contribution in [3.8, 4) is 0 Å². The number of aliphatic hydroxyl groups excluding tert-OH is 1. The van der Waals surface area contributed by atoms with E-state index in [4.69, 9.17) is 10.2 Å². The fourth-order valence-electron chi connectivity index (χ4n) is 0.265. The highest BCUT2D eigenvalue weighted by molar-refractivity contribution is 5.74. The monoisotopic (exact) mass is 116 g/mol. The lowest BCUT2D eigenvalue weighted by Crippen LogP contribution is -2.15. The zero-order chi connectivity index (χ0) is 6.57. The normalized spacial score (nSPS) is 14.2. The van der Waals surface area contributed by atoms with Gasteiger partial charge in [0.1, 0.15) is 0 Å². The summed E-state index contributed by atoms with van der Waals surface area (Å²) < 4.78 is 0. The zero-order valence-corrected chi connectivity index (χ0v) is 4.53. The molecule has 3 heteroatoms. The van der Waals surface area contributed by atoms with Gasteiger partial charge in [0, 0.05) is 0 Å². The number of carboxylic acid groups (broad SMARTS) is 1. The van der Waals surface area contributed by atoms with Gasteiger partial charge in [0.05, 0.1) is 0 Å². The van der Waals surface area contributed by atoms with E-state index in [0.29, 0.717) is 0 Å². The first-order valence-corrected chi connectivity index (χ1v) is 2.22. The molecule has 0 saturated heterocycles. The number of aliphatic carboxylic acids is 1. The second-order valence-electron chi connectivity index (χ2n) is 1.31. The highest BCUT2D eigenvalue weighted by Gasteiger charge is 2.05. The van der Waals surface area contributed by atoms with Crippen LogP contribution in [0.1, 0.15) is 6.92 Å². The Balaban J connectivity index is 3.64. The molecule has 0 fully saturated rings. The van der Waals surface area contributed by atoms with Gasteiger partial charge in [-0.15, -0.1) is 0 Å². The standard InChI is InChI=1S/C5H8O3/c1-2-3-4(6)5(7)8/h2-4,6H,1H3,(H,7,8). The van der Waals surface area contributed by atoms with Gasteiger partial charge in [-0.2, -0.15) is 0 Å². The lowest BCUT2D eigenvalue weighted by atomic mass is 10.3. The molecule has 46 valence electrons. The highest BCUT2D eigenvalue weighted by Crippen LogP contribution is 1.83. The van der Waals surface area contributed by atoms with E-state index in [1.165, 1.54) is 12.2 Å². The highest BCUT2D eigenvalue weighted by atomic mass is 16.4. The molecule has 0 radical (unpaired) electrons. The molecule has 0 rings (SSSR count). The number of carbonyl (C=O) groups is 1. The van der Waals surface area contributed by atoms with Crippen molar-refractivity contribution >= 4 is 5.97 Å². The Morgan fingerprint density at radius 2 is 2.25 bits per heavy atom. The zero-order valence-electron chi connectivity index (χ0n) is 4.53. The van der Waals surface area contributed by atoms with Crippen LogP contribution in [0.4, 0.5) is 0 Å². The number of allylic oxidation sites excluding steroid dienone is 1. The van der Waals surface area contributed by atoms with E-state index < -0.39 is 12.1 Å². The quantitative estimate of drug-likeness (QED) is 0.499. The molecule has 0 bridgehead atoms. The summed E-state index contributed by atoms with van der Waals surface area (Å²) in [4.78, 5) is 9.79. The lowest BCUT2D eigenvalue weighted by molar-refractivity contribution is -0.144. The van der Waals surface area contributed by atoms with Crippen molar-refractivity contribution in [2.75, 3.05) is 0 Å². The summed E-state index contributed by atoms with van der Waals surface area (Å²) in [6.07, 6.45) is 1.33. The van der Waals surface area contributed by atoms with Crippen LogP contribution in [0.2, 0.25) is 0 Å². The van der Waals surface area contributed by atoms with Gasteiger partial charge in [-0.1, -0.05) is 6.08 Å². The van der Waals surface area contributed by atoms with Crippen molar-refractivity contribution in [2.45, 2.75) is 13.0 Å². The van der Waals surface area contributed by atoms with Gasteiger partial charge < -0.3 is 10.2 Å². The molecule has 0 aliphatic heterocycles. The van der Waals surface area contributed by atoms with Gasteiger partial charge in [0.15, 0.2) is 6.10 Å². The fourth-order valence-corrected chi connectivity index (χ4v) is 0.265. The van der Waals surface area contributed by atoms with Crippen molar-refractivity contribution in [2.24, 2.45) is 0 Å². The van der Waals surface area contributed by atoms with E-state index in [-0.39, 0.29) is 0 Å². The minimum Gasteiger partial charge on any atom is -0.479 e. The average Bonchev–Trinajstić information content (AvgIpc) is 1.67. The van der Waals surface area contributed by atoms with Crippen molar-refractivity contribution in [1.29, 1.82) is 0 Å². The van der Waals surface area contributed by atoms with Crippen LogP contribution in [0, 0.1) is 0 Å². The van der Waals surface area contributed by atoms with Crippen LogP contribution in [0.25, 0.3) is 0 Å². The van der Waals surface area contributed by atoms with E-state index in [1.807, 2.05) is 0 Å². The van der Waals surface area contributed by atoms with E-state index >= 15 is 0 Å². The first kappa shape index (κ1) is 7.17. The SMILES string of the molecule is CC=CC(O)C(=O)O. The molecule has 0 amide bonds. The first-order chi connectivity index (χ1) is 3.68. The molecule has 0 aromatic heterocycles. The van der Waals surface area contributed by atoms with Gasteiger partial charge in [-0.05, 0) is 13.0 Å². The third kappa shape index (κ3) is 2.36. The average molecular weight is 116 g/mol. The first-order valence-electron chi connectivity index (χ1n) is 2.22. The summed E-state index contributed by atoms with van der Waals surface area (Å²) >= 11 is 0. The molecule has 0 aliphatic rings. The van der Waals surface area contributed by atoms with Crippen LogP contribution in [0.15, 0.2) is 12.2 Å². The molecule has 0 aliphatic carbocycles. The lowest BCUT2D eigenvalue weighted by Gasteiger charge is -1.93. The summed E-state index contributed by atoms with van der Waals surface area (Å²) in [5, 5.41) is 16.5. The molecule has 1 atom stereocenters. The molecule has 0 spiro atoms. The van der Waals surface area contributed by atoms with Gasteiger partial charge in [0.2, 0.25) is 0 Å². The predicted molar refractivity (Wildman–Crippen MR) is 28.5 cm³/mol. The number of rotatable bonds is 2. The molecule has 2 N–H and O–H groups in total. The van der Waals surface area contributed by atoms with Crippen LogP contribution in [-0.2, 0) is 4.79 Å². The number of hydrogen-bond acceptors (Lipinski definition) is 2. The number of aliphatic hydroxyl groups is 1. The Bertz CT molecular complexity index is 106. The van der Waals surface area contributed by atoms with Crippen LogP contribution in [-0.4, -0.2) is 22.3 Å². The fraction of sp³-hybridized carbons (Fsp3) is 0.400. The van der Waals surface area contributed by atoms with Crippen molar-refractivity contribution < 1.29 is 15.0 Å². The maximum atomic E-state index is 9.79. The topological polar surface area (TPSA) is 57.5 Å². The van der Waals surface area contributed by atoms with Crippen molar-refractivity contribution in [1.82, 2.24) is 0 Å². The van der Waals surface area contributed by atoms with Crippen LogP contribution in [0.3, 0.4) is 0 Å². The molecule has 0 aromatic rings. The Hall–Kier alpha value is -0.830. The van der Waals surface area contributed by atoms with E-state index in [9.17, 15) is 4.79 Å². The van der Waals surface area contributed by atoms with Crippen LogP contribution < -0.4 is 0 Å². The molecular weight excluding hydrogens is 108 g/mol. The second kappa shape index (κ2) is 3.21. The maximum absolute atomic E-state index is 9.79. The van der Waals surface area contributed by atoms with Crippen molar-refractivity contribution in [3.63, 3.8) is 0 Å². The Morgan fingerprint density at radius 3 is 2.38 bits per heavy atom. The summed E-state index contributed by atoms with van der Waals surface area (Å²) in [6.45, 7) is 1.64. The molecule has 3 nitrogen and oxygen atoms in total. The van der Waals surface area contributed by atoms with Gasteiger partial charge in [-0.3, -0.25) is 0 Å². The summed E-state index contributed by atoms with van der Waals surface area (Å²) in [7, 11) is 0. The minimum atomic E-state index is -1.35. The summed E-state index contributed by atoms with van der Waals surface area (Å²) in [5.41, 5.74) is 0. The summed E-state index contributed by atoms with van der Waals surface area (Å²) in [6, 6.07) is 0. The molecule has 0 saturated carbocycles. The second-order valence-corrected chi connectivity index (χ2v) is 1.31. The molecule has 1 unspecified atom stereocenters. The third-order valence-electron chi connectivity index (χ3n) is 0.628. The third-order valence-corrected chi connectivity index (χ3v) is 0.628. The van der Waals surface area contributed by atoms with Crippen molar-refractivity contribution in [3.05, 3.63) is 12.2 Å². The van der Waals surface area contributed by atoms with Gasteiger partial charge in [-0.25, -0.2) is 4.79 Å².